The van der Waals surface area contributed by atoms with Crippen molar-refractivity contribution in [2.24, 2.45) is 10.9 Å². The third-order valence-electron chi connectivity index (χ3n) is 2.57. The van der Waals surface area contributed by atoms with Crippen LogP contribution in [0.2, 0.25) is 6.04 Å². The first-order valence-electron chi connectivity index (χ1n) is 7.50. The number of rotatable bonds is 12. The maximum Gasteiger partial charge on any atom is 0.500 e. The molecule has 0 fully saturated rings. The van der Waals surface area contributed by atoms with Gasteiger partial charge in [-0.15, -0.1) is 0 Å². The molecule has 0 saturated carbocycles. The number of hydrogen-bond donors (Lipinski definition) is 0. The van der Waals surface area contributed by atoms with Gasteiger partial charge in [0, 0.05) is 32.4 Å². The molecule has 114 valence electrons. The van der Waals surface area contributed by atoms with Gasteiger partial charge in [0.1, 0.15) is 0 Å². The van der Waals surface area contributed by atoms with E-state index in [2.05, 4.69) is 18.8 Å². The highest BCUT2D eigenvalue weighted by atomic mass is 28.4. The fraction of sp³-hybridized carbons (Fsp3) is 0.929. The average molecular weight is 289 g/mol. The Kier molecular flexibility index (Phi) is 11.4. The van der Waals surface area contributed by atoms with E-state index >= 15 is 0 Å². The lowest BCUT2D eigenvalue weighted by molar-refractivity contribution is 0.0710. The first-order valence-corrected chi connectivity index (χ1v) is 9.43. The van der Waals surface area contributed by atoms with Crippen molar-refractivity contribution in [1.82, 2.24) is 0 Å². The summed E-state index contributed by atoms with van der Waals surface area (Å²) >= 11 is 0. The summed E-state index contributed by atoms with van der Waals surface area (Å²) in [6, 6.07) is 0.849. The molecule has 0 aromatic heterocycles. The van der Waals surface area contributed by atoms with Crippen molar-refractivity contribution < 1.29 is 13.3 Å². The molecule has 0 saturated heterocycles. The molecule has 19 heavy (non-hydrogen) atoms. The Bertz CT molecular complexity index is 218. The highest BCUT2D eigenvalue weighted by molar-refractivity contribution is 6.60. The molecule has 0 atom stereocenters. The van der Waals surface area contributed by atoms with Crippen LogP contribution in [0.5, 0.6) is 0 Å². The zero-order chi connectivity index (χ0) is 14.6. The van der Waals surface area contributed by atoms with Crippen LogP contribution in [0.4, 0.5) is 0 Å². The third-order valence-corrected chi connectivity index (χ3v) is 5.72. The van der Waals surface area contributed by atoms with Gasteiger partial charge >= 0.3 is 8.80 Å². The predicted molar refractivity (Wildman–Crippen MR) is 82.9 cm³/mol. The molecule has 0 aliphatic carbocycles. The van der Waals surface area contributed by atoms with Crippen LogP contribution in [0.15, 0.2) is 4.99 Å². The molecule has 0 spiro atoms. The summed E-state index contributed by atoms with van der Waals surface area (Å²) in [5, 5.41) is 0. The summed E-state index contributed by atoms with van der Waals surface area (Å²) in [4.78, 5) is 4.43. The van der Waals surface area contributed by atoms with E-state index in [0.29, 0.717) is 25.7 Å². The maximum atomic E-state index is 5.80. The van der Waals surface area contributed by atoms with Crippen molar-refractivity contribution in [3.63, 3.8) is 0 Å². The van der Waals surface area contributed by atoms with Gasteiger partial charge in [0.25, 0.3) is 0 Å². The van der Waals surface area contributed by atoms with Gasteiger partial charge in [0.05, 0.1) is 0 Å². The minimum atomic E-state index is -2.45. The number of nitrogens with zero attached hydrogens (tertiary/aromatic N) is 1. The minimum absolute atomic E-state index is 0.642. The van der Waals surface area contributed by atoms with Crippen LogP contribution in [0.1, 0.15) is 47.5 Å². The van der Waals surface area contributed by atoms with Crippen molar-refractivity contribution >= 4 is 15.0 Å². The molecule has 0 aliphatic rings. The topological polar surface area (TPSA) is 40.0 Å². The van der Waals surface area contributed by atoms with Crippen LogP contribution in [-0.2, 0) is 13.3 Å². The second-order valence-corrected chi connectivity index (χ2v) is 7.54. The Morgan fingerprint density at radius 1 is 1.00 bits per heavy atom. The first kappa shape index (κ1) is 18.8. The molecule has 0 aliphatic heterocycles. The van der Waals surface area contributed by atoms with Gasteiger partial charge in [-0.2, -0.15) is 0 Å². The van der Waals surface area contributed by atoms with Crippen LogP contribution in [0.3, 0.4) is 0 Å². The molecule has 5 heteroatoms. The van der Waals surface area contributed by atoms with E-state index in [0.717, 1.165) is 25.4 Å². The molecule has 0 amide bonds. The Morgan fingerprint density at radius 2 is 1.53 bits per heavy atom. The standard InChI is InChI=1S/C14H31NO3Si/c1-6-16-19(17-7-2,18-8-3)13-9-11-15-12-10-14(4)5/h12,14H,6-11,13H2,1-5H3. The smallest absolute Gasteiger partial charge is 0.374 e. The Labute approximate surface area is 119 Å². The Morgan fingerprint density at radius 3 is 1.95 bits per heavy atom. The molecule has 4 nitrogen and oxygen atoms in total. The minimum Gasteiger partial charge on any atom is -0.374 e. The zero-order valence-electron chi connectivity index (χ0n) is 13.3. The summed E-state index contributed by atoms with van der Waals surface area (Å²) in [5.41, 5.74) is 0. The van der Waals surface area contributed by atoms with Crippen LogP contribution in [0.25, 0.3) is 0 Å². The maximum absolute atomic E-state index is 5.80. The molecule has 0 aromatic rings. The highest BCUT2D eigenvalue weighted by Gasteiger charge is 2.39. The largest absolute Gasteiger partial charge is 0.500 e. The average Bonchev–Trinajstić information content (AvgIpc) is 2.34. The van der Waals surface area contributed by atoms with E-state index in [1.54, 1.807) is 0 Å². The van der Waals surface area contributed by atoms with Gasteiger partial charge < -0.3 is 13.3 Å². The van der Waals surface area contributed by atoms with E-state index in [1.165, 1.54) is 0 Å². The van der Waals surface area contributed by atoms with Crippen LogP contribution >= 0.6 is 0 Å². The van der Waals surface area contributed by atoms with Gasteiger partial charge in [-0.1, -0.05) is 13.8 Å². The van der Waals surface area contributed by atoms with Crippen LogP contribution in [-0.4, -0.2) is 41.4 Å². The summed E-state index contributed by atoms with van der Waals surface area (Å²) in [6.45, 7) is 13.1. The van der Waals surface area contributed by atoms with Gasteiger partial charge in [-0.25, -0.2) is 0 Å². The lowest BCUT2D eigenvalue weighted by Crippen LogP contribution is -2.46. The fourth-order valence-electron chi connectivity index (χ4n) is 1.76. The van der Waals surface area contributed by atoms with E-state index < -0.39 is 8.80 Å². The second-order valence-electron chi connectivity index (χ2n) is 4.80. The normalized spacial score (nSPS) is 12.7. The molecule has 0 heterocycles. The second kappa shape index (κ2) is 11.6. The van der Waals surface area contributed by atoms with Crippen molar-refractivity contribution in [3.05, 3.63) is 0 Å². The third kappa shape index (κ3) is 9.32. The highest BCUT2D eigenvalue weighted by Crippen LogP contribution is 2.18. The van der Waals surface area contributed by atoms with Crippen molar-refractivity contribution in [1.29, 1.82) is 0 Å². The van der Waals surface area contributed by atoms with Crippen molar-refractivity contribution in [2.45, 2.75) is 53.5 Å². The van der Waals surface area contributed by atoms with Crippen molar-refractivity contribution in [2.75, 3.05) is 26.4 Å². The fourth-order valence-corrected chi connectivity index (χ4v) is 4.36. The molecular weight excluding hydrogens is 258 g/mol. The molecule has 0 bridgehead atoms. The van der Waals surface area contributed by atoms with Gasteiger partial charge in [0.15, 0.2) is 0 Å². The summed E-state index contributed by atoms with van der Waals surface area (Å²) in [7, 11) is -2.45. The van der Waals surface area contributed by atoms with Gasteiger partial charge in [0.2, 0.25) is 0 Å². The number of hydrogen-bond acceptors (Lipinski definition) is 4. The van der Waals surface area contributed by atoms with E-state index in [4.69, 9.17) is 13.3 Å². The monoisotopic (exact) mass is 289 g/mol. The summed E-state index contributed by atoms with van der Waals surface area (Å²) in [6.07, 6.45) is 4.03. The lowest BCUT2D eigenvalue weighted by atomic mass is 10.2. The SMILES string of the molecule is CCO[Si](CCCN=CCC(C)C)(OCC)OCC. The van der Waals surface area contributed by atoms with E-state index in [-0.39, 0.29) is 0 Å². The summed E-state index contributed by atoms with van der Waals surface area (Å²) in [5.74, 6) is 0.674. The van der Waals surface area contributed by atoms with Gasteiger partial charge in [-0.3, -0.25) is 4.99 Å². The first-order chi connectivity index (χ1) is 9.10. The molecule has 0 unspecified atom stereocenters. The van der Waals surface area contributed by atoms with Gasteiger partial charge in [-0.05, 0) is 45.7 Å². The molecule has 0 aromatic carbocycles. The zero-order valence-corrected chi connectivity index (χ0v) is 14.3. The quantitative estimate of drug-likeness (QED) is 0.313. The van der Waals surface area contributed by atoms with Crippen LogP contribution in [0, 0.1) is 5.92 Å². The Hall–Kier alpha value is -0.233. The predicted octanol–water partition coefficient (Wildman–Crippen LogP) is 3.54. The van der Waals surface area contributed by atoms with E-state index in [1.807, 2.05) is 27.0 Å². The van der Waals surface area contributed by atoms with Crippen LogP contribution < -0.4 is 0 Å². The number of aliphatic imine (C=N–C) groups is 1. The molecule has 0 N–H and O–H groups in total. The summed E-state index contributed by atoms with van der Waals surface area (Å²) < 4.78 is 17.4. The van der Waals surface area contributed by atoms with E-state index in [9.17, 15) is 0 Å². The molecule has 0 rings (SSSR count). The van der Waals surface area contributed by atoms with Crippen molar-refractivity contribution in [3.8, 4) is 0 Å². The molecule has 0 radical (unpaired) electrons. The molecular formula is C14H31NO3Si. The lowest BCUT2D eigenvalue weighted by Gasteiger charge is -2.28. The Balaban J connectivity index is 4.13.